The second-order valence-corrected chi connectivity index (χ2v) is 6.33. The zero-order valence-corrected chi connectivity index (χ0v) is 14.2. The molecule has 2 amide bonds. The minimum Gasteiger partial charge on any atom is -0.381 e. The fraction of sp³-hybridized carbons (Fsp3) is 0.368. The number of nitrogens with one attached hydrogen (secondary N) is 1. The number of pyridine rings is 1. The molecule has 1 N–H and O–H groups in total. The molecule has 0 aliphatic carbocycles. The highest BCUT2D eigenvalue weighted by Crippen LogP contribution is 2.22. The minimum atomic E-state index is -0.385. The summed E-state index contributed by atoms with van der Waals surface area (Å²) < 4.78 is 18.6. The van der Waals surface area contributed by atoms with Crippen LogP contribution in [0.4, 0.5) is 9.18 Å². The largest absolute Gasteiger partial charge is 0.381 e. The standard InChI is InChI=1S/C19H22FN3O2/c1-23(12-14-8-10-25-13-14)19(24)22-18(16-3-2-9-21-11-16)15-4-6-17(20)7-5-15/h2-7,9,11,14,18H,8,10,12-13H2,1H3,(H,22,24)/t14-,18-/m1/s1. The van der Waals surface area contributed by atoms with E-state index in [0.717, 1.165) is 24.2 Å². The number of halogens is 1. The van der Waals surface area contributed by atoms with E-state index >= 15 is 0 Å². The Morgan fingerprint density at radius 3 is 2.80 bits per heavy atom. The molecule has 1 aromatic heterocycles. The van der Waals surface area contributed by atoms with Gasteiger partial charge in [-0.3, -0.25) is 4.98 Å². The zero-order chi connectivity index (χ0) is 17.6. The van der Waals surface area contributed by atoms with Gasteiger partial charge in [0.15, 0.2) is 0 Å². The number of aromatic nitrogens is 1. The van der Waals surface area contributed by atoms with Crippen LogP contribution in [0.5, 0.6) is 0 Å². The fourth-order valence-electron chi connectivity index (χ4n) is 2.99. The van der Waals surface area contributed by atoms with Gasteiger partial charge in [-0.25, -0.2) is 9.18 Å². The molecule has 2 heterocycles. The maximum absolute atomic E-state index is 13.3. The third-order valence-corrected chi connectivity index (χ3v) is 4.39. The molecule has 132 valence electrons. The summed E-state index contributed by atoms with van der Waals surface area (Å²) in [7, 11) is 1.78. The molecule has 0 unspecified atom stereocenters. The van der Waals surface area contributed by atoms with Crippen molar-refractivity contribution < 1.29 is 13.9 Å². The minimum absolute atomic E-state index is 0.176. The van der Waals surface area contributed by atoms with E-state index in [1.54, 1.807) is 36.5 Å². The molecular formula is C19H22FN3O2. The van der Waals surface area contributed by atoms with Gasteiger partial charge in [-0.2, -0.15) is 0 Å². The van der Waals surface area contributed by atoms with Gasteiger partial charge in [0, 0.05) is 38.5 Å². The van der Waals surface area contributed by atoms with Crippen LogP contribution >= 0.6 is 0 Å². The summed E-state index contributed by atoms with van der Waals surface area (Å²) in [5, 5.41) is 3.03. The van der Waals surface area contributed by atoms with Crippen LogP contribution in [0, 0.1) is 11.7 Å². The number of nitrogens with zero attached hydrogens (tertiary/aromatic N) is 2. The molecule has 0 radical (unpaired) electrons. The van der Waals surface area contributed by atoms with Gasteiger partial charge in [0.1, 0.15) is 5.82 Å². The van der Waals surface area contributed by atoms with Crippen molar-refractivity contribution in [2.75, 3.05) is 26.8 Å². The Hall–Kier alpha value is -2.47. The highest BCUT2D eigenvalue weighted by molar-refractivity contribution is 5.75. The molecule has 0 saturated carbocycles. The summed E-state index contributed by atoms with van der Waals surface area (Å²) in [6, 6.07) is 9.29. The normalized spacial score (nSPS) is 17.9. The molecule has 2 aromatic rings. The van der Waals surface area contributed by atoms with Crippen molar-refractivity contribution in [2.45, 2.75) is 12.5 Å². The molecule has 2 atom stereocenters. The number of amides is 2. The van der Waals surface area contributed by atoms with E-state index in [2.05, 4.69) is 10.3 Å². The lowest BCUT2D eigenvalue weighted by Crippen LogP contribution is -2.42. The summed E-state index contributed by atoms with van der Waals surface area (Å²) in [5.41, 5.74) is 1.65. The number of hydrogen-bond donors (Lipinski definition) is 1. The Bertz CT molecular complexity index is 688. The lowest BCUT2D eigenvalue weighted by Gasteiger charge is -2.25. The first-order valence-corrected chi connectivity index (χ1v) is 8.38. The van der Waals surface area contributed by atoms with Crippen molar-refractivity contribution in [2.24, 2.45) is 5.92 Å². The van der Waals surface area contributed by atoms with Gasteiger partial charge in [-0.1, -0.05) is 18.2 Å². The van der Waals surface area contributed by atoms with E-state index in [9.17, 15) is 9.18 Å². The lowest BCUT2D eigenvalue weighted by atomic mass is 10.0. The van der Waals surface area contributed by atoms with Gasteiger partial charge in [-0.05, 0) is 35.7 Å². The topological polar surface area (TPSA) is 54.5 Å². The second kappa shape index (κ2) is 8.07. The maximum Gasteiger partial charge on any atom is 0.317 e. The van der Waals surface area contributed by atoms with Gasteiger partial charge in [-0.15, -0.1) is 0 Å². The highest BCUT2D eigenvalue weighted by atomic mass is 19.1. The van der Waals surface area contributed by atoms with Gasteiger partial charge in [0.05, 0.1) is 12.6 Å². The first-order valence-electron chi connectivity index (χ1n) is 8.38. The number of carbonyl (C=O) groups is 1. The number of ether oxygens (including phenoxy) is 1. The Morgan fingerprint density at radius 1 is 1.36 bits per heavy atom. The predicted molar refractivity (Wildman–Crippen MR) is 92.6 cm³/mol. The molecule has 0 bridgehead atoms. The molecule has 1 fully saturated rings. The van der Waals surface area contributed by atoms with Crippen LogP contribution in [0.2, 0.25) is 0 Å². The highest BCUT2D eigenvalue weighted by Gasteiger charge is 2.23. The molecular weight excluding hydrogens is 321 g/mol. The third kappa shape index (κ3) is 4.54. The van der Waals surface area contributed by atoms with Crippen molar-refractivity contribution in [3.63, 3.8) is 0 Å². The summed E-state index contributed by atoms with van der Waals surface area (Å²) in [6.45, 7) is 2.10. The van der Waals surface area contributed by atoms with Crippen LogP contribution in [0.15, 0.2) is 48.8 Å². The monoisotopic (exact) mass is 343 g/mol. The van der Waals surface area contributed by atoms with E-state index in [1.807, 2.05) is 12.1 Å². The van der Waals surface area contributed by atoms with Crippen molar-refractivity contribution in [3.05, 3.63) is 65.7 Å². The average Bonchev–Trinajstić information content (AvgIpc) is 3.14. The summed E-state index contributed by atoms with van der Waals surface area (Å²) in [6.07, 6.45) is 4.36. The van der Waals surface area contributed by atoms with Crippen molar-refractivity contribution in [1.82, 2.24) is 15.2 Å². The van der Waals surface area contributed by atoms with Crippen molar-refractivity contribution in [1.29, 1.82) is 0 Å². The van der Waals surface area contributed by atoms with Gasteiger partial charge < -0.3 is 15.0 Å². The molecule has 1 aliphatic rings. The van der Waals surface area contributed by atoms with Crippen LogP contribution in [-0.2, 0) is 4.74 Å². The number of urea groups is 1. The smallest absolute Gasteiger partial charge is 0.317 e. The van der Waals surface area contributed by atoms with Crippen LogP contribution in [0.25, 0.3) is 0 Å². The fourth-order valence-corrected chi connectivity index (χ4v) is 2.99. The zero-order valence-electron chi connectivity index (χ0n) is 14.2. The first-order chi connectivity index (χ1) is 12.1. The van der Waals surface area contributed by atoms with Crippen LogP contribution < -0.4 is 5.32 Å². The van der Waals surface area contributed by atoms with Gasteiger partial charge in [0.25, 0.3) is 0 Å². The molecule has 1 aliphatic heterocycles. The maximum atomic E-state index is 13.3. The Morgan fingerprint density at radius 2 is 2.16 bits per heavy atom. The molecule has 1 aromatic carbocycles. The van der Waals surface area contributed by atoms with Gasteiger partial charge in [0.2, 0.25) is 0 Å². The Labute approximate surface area is 146 Å². The summed E-state index contributed by atoms with van der Waals surface area (Å²) in [4.78, 5) is 18.4. The number of hydrogen-bond acceptors (Lipinski definition) is 3. The van der Waals surface area contributed by atoms with Crippen molar-refractivity contribution >= 4 is 6.03 Å². The summed E-state index contributed by atoms with van der Waals surface area (Å²) >= 11 is 0. The van der Waals surface area contributed by atoms with Crippen LogP contribution in [-0.4, -0.2) is 42.7 Å². The summed E-state index contributed by atoms with van der Waals surface area (Å²) in [5.74, 6) is 0.0665. The molecule has 5 nitrogen and oxygen atoms in total. The van der Waals surface area contributed by atoms with E-state index < -0.39 is 0 Å². The molecule has 3 rings (SSSR count). The molecule has 1 saturated heterocycles. The van der Waals surface area contributed by atoms with Crippen molar-refractivity contribution in [3.8, 4) is 0 Å². The number of carbonyl (C=O) groups excluding carboxylic acids is 1. The van der Waals surface area contributed by atoms with E-state index in [-0.39, 0.29) is 17.9 Å². The third-order valence-electron chi connectivity index (χ3n) is 4.39. The average molecular weight is 343 g/mol. The Balaban J connectivity index is 1.75. The van der Waals surface area contributed by atoms with E-state index in [1.165, 1.54) is 12.1 Å². The Kier molecular flexibility index (Phi) is 5.60. The number of rotatable bonds is 5. The second-order valence-electron chi connectivity index (χ2n) is 6.33. The first kappa shape index (κ1) is 17.4. The van der Waals surface area contributed by atoms with Crippen LogP contribution in [0.3, 0.4) is 0 Å². The molecule has 0 spiro atoms. The van der Waals surface area contributed by atoms with E-state index in [4.69, 9.17) is 4.74 Å². The number of benzene rings is 1. The molecule has 6 heteroatoms. The van der Waals surface area contributed by atoms with E-state index in [0.29, 0.717) is 19.1 Å². The van der Waals surface area contributed by atoms with Crippen LogP contribution in [0.1, 0.15) is 23.6 Å². The quantitative estimate of drug-likeness (QED) is 0.908. The lowest BCUT2D eigenvalue weighted by molar-refractivity contribution is 0.171. The SMILES string of the molecule is CN(C[C@H]1CCOC1)C(=O)N[C@H](c1ccc(F)cc1)c1cccnc1. The molecule has 25 heavy (non-hydrogen) atoms. The predicted octanol–water partition coefficient (Wildman–Crippen LogP) is 2.99. The van der Waals surface area contributed by atoms with Gasteiger partial charge >= 0.3 is 6.03 Å².